The number of rotatable bonds is 4. The zero-order valence-corrected chi connectivity index (χ0v) is 9.43. The van der Waals surface area contributed by atoms with Crippen molar-refractivity contribution in [1.82, 2.24) is 0 Å². The first-order valence-corrected chi connectivity index (χ1v) is 6.19. The van der Waals surface area contributed by atoms with E-state index in [1.54, 1.807) is 6.92 Å². The maximum atomic E-state index is 11.1. The third-order valence-electron chi connectivity index (χ3n) is 1.70. The summed E-state index contributed by atoms with van der Waals surface area (Å²) in [6.07, 6.45) is 1.16. The first kappa shape index (κ1) is 12.4. The van der Waals surface area contributed by atoms with Gasteiger partial charge >= 0.3 is 0 Å². The Morgan fingerprint density at radius 2 is 1.85 bits per heavy atom. The van der Waals surface area contributed by atoms with Crippen molar-refractivity contribution in [2.24, 2.45) is 16.6 Å². The average molecular weight is 206 g/mol. The number of nitrogens with zero attached hydrogens (tertiary/aromatic N) is 1. The van der Waals surface area contributed by atoms with E-state index >= 15 is 0 Å². The van der Waals surface area contributed by atoms with Crippen molar-refractivity contribution in [2.75, 3.05) is 12.8 Å². The molecule has 78 valence electrons. The molecule has 0 bridgehead atoms. The summed E-state index contributed by atoms with van der Waals surface area (Å²) in [5.41, 5.74) is 5.52. The summed E-state index contributed by atoms with van der Waals surface area (Å²) in [6, 6.07) is 0. The fourth-order valence-electron chi connectivity index (χ4n) is 0.636. The standard InChI is InChI=1S/C8H18N2O2S/c1-6(2)5-10-8(9)7(3)13(4,11)12/h6-7H,5H2,1-4H3,(H2,9,10). The molecule has 0 aromatic carbocycles. The average Bonchev–Trinajstić information content (AvgIpc) is 1.96. The van der Waals surface area contributed by atoms with Crippen LogP contribution in [0.3, 0.4) is 0 Å². The molecule has 0 saturated carbocycles. The van der Waals surface area contributed by atoms with Crippen LogP contribution in [0.15, 0.2) is 4.99 Å². The molecule has 0 heterocycles. The lowest BCUT2D eigenvalue weighted by Gasteiger charge is -2.09. The van der Waals surface area contributed by atoms with Crippen LogP contribution >= 0.6 is 0 Å². The number of amidine groups is 1. The number of hydrogen-bond acceptors (Lipinski definition) is 3. The number of sulfone groups is 1. The normalized spacial score (nSPS) is 16.2. The molecule has 13 heavy (non-hydrogen) atoms. The van der Waals surface area contributed by atoms with Crippen LogP contribution in [-0.4, -0.2) is 32.3 Å². The second-order valence-electron chi connectivity index (χ2n) is 3.63. The van der Waals surface area contributed by atoms with Gasteiger partial charge in [0, 0.05) is 12.8 Å². The summed E-state index contributed by atoms with van der Waals surface area (Å²) >= 11 is 0. The van der Waals surface area contributed by atoms with Gasteiger partial charge in [0.25, 0.3) is 0 Å². The van der Waals surface area contributed by atoms with Gasteiger partial charge in [0.05, 0.1) is 0 Å². The van der Waals surface area contributed by atoms with Gasteiger partial charge in [-0.05, 0) is 12.8 Å². The maximum absolute atomic E-state index is 11.1. The quantitative estimate of drug-likeness (QED) is 0.535. The van der Waals surface area contributed by atoms with E-state index in [-0.39, 0.29) is 5.84 Å². The van der Waals surface area contributed by atoms with Crippen LogP contribution in [0, 0.1) is 5.92 Å². The van der Waals surface area contributed by atoms with Crippen molar-refractivity contribution < 1.29 is 8.42 Å². The lowest BCUT2D eigenvalue weighted by atomic mass is 10.2. The van der Waals surface area contributed by atoms with Crippen molar-refractivity contribution in [3.05, 3.63) is 0 Å². The molecule has 0 aliphatic heterocycles. The van der Waals surface area contributed by atoms with E-state index in [4.69, 9.17) is 5.73 Å². The Balaban J connectivity index is 4.43. The summed E-state index contributed by atoms with van der Waals surface area (Å²) in [7, 11) is -3.11. The van der Waals surface area contributed by atoms with Gasteiger partial charge in [-0.2, -0.15) is 0 Å². The van der Waals surface area contributed by atoms with Gasteiger partial charge < -0.3 is 5.73 Å². The van der Waals surface area contributed by atoms with Crippen LogP contribution in [-0.2, 0) is 9.84 Å². The fourth-order valence-corrected chi connectivity index (χ4v) is 1.15. The van der Waals surface area contributed by atoms with Crippen molar-refractivity contribution in [3.8, 4) is 0 Å². The minimum absolute atomic E-state index is 0.205. The second kappa shape index (κ2) is 4.60. The van der Waals surface area contributed by atoms with E-state index in [2.05, 4.69) is 4.99 Å². The van der Waals surface area contributed by atoms with Crippen LogP contribution in [0.1, 0.15) is 20.8 Å². The van der Waals surface area contributed by atoms with Crippen LogP contribution in [0.2, 0.25) is 0 Å². The van der Waals surface area contributed by atoms with Gasteiger partial charge in [-0.15, -0.1) is 0 Å². The fraction of sp³-hybridized carbons (Fsp3) is 0.875. The second-order valence-corrected chi connectivity index (χ2v) is 6.00. The summed E-state index contributed by atoms with van der Waals surface area (Å²) < 4.78 is 22.1. The summed E-state index contributed by atoms with van der Waals surface area (Å²) in [5.74, 6) is 0.599. The Kier molecular flexibility index (Phi) is 4.39. The zero-order valence-electron chi connectivity index (χ0n) is 8.61. The summed E-state index contributed by atoms with van der Waals surface area (Å²) in [6.45, 7) is 6.13. The molecule has 0 radical (unpaired) electrons. The minimum Gasteiger partial charge on any atom is -0.386 e. The molecule has 4 nitrogen and oxygen atoms in total. The Labute approximate surface area is 80.2 Å². The van der Waals surface area contributed by atoms with Crippen molar-refractivity contribution in [3.63, 3.8) is 0 Å². The first-order chi connectivity index (χ1) is 5.75. The predicted octanol–water partition coefficient (Wildman–Crippen LogP) is 0.433. The first-order valence-electron chi connectivity index (χ1n) is 4.23. The molecular weight excluding hydrogens is 188 g/mol. The molecule has 0 fully saturated rings. The van der Waals surface area contributed by atoms with E-state index in [1.165, 1.54) is 0 Å². The Morgan fingerprint density at radius 1 is 1.38 bits per heavy atom. The smallest absolute Gasteiger partial charge is 0.157 e. The van der Waals surface area contributed by atoms with E-state index in [9.17, 15) is 8.42 Å². The summed E-state index contributed by atoms with van der Waals surface area (Å²) in [4.78, 5) is 4.01. The highest BCUT2D eigenvalue weighted by atomic mass is 32.2. The monoisotopic (exact) mass is 206 g/mol. The zero-order chi connectivity index (χ0) is 10.6. The Hall–Kier alpha value is -0.580. The predicted molar refractivity (Wildman–Crippen MR) is 55.6 cm³/mol. The van der Waals surface area contributed by atoms with Gasteiger partial charge in [-0.1, -0.05) is 13.8 Å². The maximum Gasteiger partial charge on any atom is 0.157 e. The lowest BCUT2D eigenvalue weighted by molar-refractivity contribution is 0.598. The van der Waals surface area contributed by atoms with Gasteiger partial charge in [-0.3, -0.25) is 4.99 Å². The lowest BCUT2D eigenvalue weighted by Crippen LogP contribution is -2.33. The molecule has 0 aliphatic carbocycles. The molecular formula is C8H18N2O2S. The molecule has 0 amide bonds. The van der Waals surface area contributed by atoms with Crippen LogP contribution in [0.25, 0.3) is 0 Å². The van der Waals surface area contributed by atoms with Gasteiger partial charge in [-0.25, -0.2) is 8.42 Å². The SMILES string of the molecule is CC(C)CN=C(N)C(C)S(C)(=O)=O. The van der Waals surface area contributed by atoms with Crippen LogP contribution in [0.5, 0.6) is 0 Å². The van der Waals surface area contributed by atoms with E-state index in [0.717, 1.165) is 6.26 Å². The topological polar surface area (TPSA) is 72.5 Å². The molecule has 0 saturated heterocycles. The van der Waals surface area contributed by atoms with Gasteiger partial charge in [0.15, 0.2) is 9.84 Å². The number of hydrogen-bond donors (Lipinski definition) is 1. The number of nitrogens with two attached hydrogens (primary N) is 1. The highest BCUT2D eigenvalue weighted by molar-refractivity contribution is 7.92. The van der Waals surface area contributed by atoms with E-state index in [0.29, 0.717) is 12.5 Å². The molecule has 0 aromatic rings. The molecule has 0 aliphatic rings. The molecule has 0 spiro atoms. The Bertz CT molecular complexity index is 281. The van der Waals surface area contributed by atoms with Crippen molar-refractivity contribution in [1.29, 1.82) is 0 Å². The number of aliphatic imine (C=N–C) groups is 1. The van der Waals surface area contributed by atoms with Crippen LogP contribution in [0.4, 0.5) is 0 Å². The van der Waals surface area contributed by atoms with E-state index < -0.39 is 15.1 Å². The van der Waals surface area contributed by atoms with Crippen LogP contribution < -0.4 is 5.73 Å². The highest BCUT2D eigenvalue weighted by Crippen LogP contribution is 1.99. The Morgan fingerprint density at radius 3 is 2.15 bits per heavy atom. The third-order valence-corrected chi connectivity index (χ3v) is 3.22. The van der Waals surface area contributed by atoms with Crippen molar-refractivity contribution >= 4 is 15.7 Å². The molecule has 2 N–H and O–H groups in total. The molecule has 0 aromatic heterocycles. The van der Waals surface area contributed by atoms with E-state index in [1.807, 2.05) is 13.8 Å². The van der Waals surface area contributed by atoms with Gasteiger partial charge in [0.1, 0.15) is 11.1 Å². The minimum atomic E-state index is -3.11. The highest BCUT2D eigenvalue weighted by Gasteiger charge is 2.18. The largest absolute Gasteiger partial charge is 0.386 e. The molecule has 5 heteroatoms. The summed E-state index contributed by atoms with van der Waals surface area (Å²) in [5, 5.41) is -0.675. The molecule has 0 rings (SSSR count). The van der Waals surface area contributed by atoms with Gasteiger partial charge in [0.2, 0.25) is 0 Å². The molecule has 1 unspecified atom stereocenters. The molecule has 1 atom stereocenters. The third kappa shape index (κ3) is 4.87. The van der Waals surface area contributed by atoms with Crippen molar-refractivity contribution in [2.45, 2.75) is 26.0 Å².